The molecule has 24 heavy (non-hydrogen) atoms. The van der Waals surface area contributed by atoms with Gasteiger partial charge >= 0.3 is 0 Å². The van der Waals surface area contributed by atoms with Crippen LogP contribution < -0.4 is 0 Å². The van der Waals surface area contributed by atoms with E-state index in [1.54, 1.807) is 0 Å². The first-order valence-electron chi connectivity index (χ1n) is 9.86. The molecule has 1 aromatic rings. The zero-order valence-corrected chi connectivity index (χ0v) is 17.2. The highest BCUT2D eigenvalue weighted by Gasteiger charge is 2.02. The summed E-state index contributed by atoms with van der Waals surface area (Å²) >= 11 is 0. The molecule has 138 valence electrons. The van der Waals surface area contributed by atoms with Gasteiger partial charge in [-0.1, -0.05) is 72.7 Å². The Kier molecular flexibility index (Phi) is 12.6. The third-order valence-electron chi connectivity index (χ3n) is 4.16. The fourth-order valence-electron chi connectivity index (χ4n) is 2.42. The lowest BCUT2D eigenvalue weighted by Gasteiger charge is -2.09. The summed E-state index contributed by atoms with van der Waals surface area (Å²) < 4.78 is 0. The van der Waals surface area contributed by atoms with E-state index in [-0.39, 0.29) is 0 Å². The van der Waals surface area contributed by atoms with Gasteiger partial charge in [0.25, 0.3) is 0 Å². The van der Waals surface area contributed by atoms with E-state index in [0.717, 1.165) is 31.6 Å². The Balaban J connectivity index is 0.000000470. The molecule has 0 saturated heterocycles. The molecule has 0 aliphatic heterocycles. The van der Waals surface area contributed by atoms with E-state index < -0.39 is 0 Å². The van der Waals surface area contributed by atoms with E-state index in [0.29, 0.717) is 17.6 Å². The van der Waals surface area contributed by atoms with Crippen molar-refractivity contribution in [1.82, 2.24) is 0 Å². The Hall–Kier alpha value is -1.11. The van der Waals surface area contributed by atoms with E-state index in [9.17, 15) is 4.79 Å². The Bertz CT molecular complexity index is 443. The first-order valence-corrected chi connectivity index (χ1v) is 9.86. The van der Waals surface area contributed by atoms with E-state index in [1.807, 2.05) is 6.92 Å². The normalized spacial score (nSPS) is 10.9. The summed E-state index contributed by atoms with van der Waals surface area (Å²) in [7, 11) is 0. The Labute approximate surface area is 151 Å². The molecule has 0 aliphatic rings. The lowest BCUT2D eigenvalue weighted by atomic mass is 9.97. The Morgan fingerprint density at radius 1 is 0.917 bits per heavy atom. The molecule has 0 unspecified atom stereocenters. The SMILES string of the molecule is CC(C)CCc1cccc(C(C)C)c1.CCCC(=O)CCC(C)C. The molecule has 1 nitrogen and oxygen atoms in total. The summed E-state index contributed by atoms with van der Waals surface area (Å²) in [6.45, 7) is 15.4. The van der Waals surface area contributed by atoms with Crippen LogP contribution in [0.15, 0.2) is 24.3 Å². The number of hydrogen-bond donors (Lipinski definition) is 0. The second-order valence-corrected chi connectivity index (χ2v) is 8.05. The summed E-state index contributed by atoms with van der Waals surface area (Å²) in [5, 5.41) is 0. The summed E-state index contributed by atoms with van der Waals surface area (Å²) in [5.41, 5.74) is 2.95. The highest BCUT2D eigenvalue weighted by Crippen LogP contribution is 2.17. The summed E-state index contributed by atoms with van der Waals surface area (Å²) in [5.74, 6) is 2.55. The topological polar surface area (TPSA) is 17.1 Å². The monoisotopic (exact) mass is 332 g/mol. The molecule has 1 rings (SSSR count). The maximum atomic E-state index is 10.9. The van der Waals surface area contributed by atoms with Crippen LogP contribution in [-0.2, 0) is 11.2 Å². The number of ketones is 1. The molecule has 0 aromatic heterocycles. The maximum absolute atomic E-state index is 10.9. The quantitative estimate of drug-likeness (QED) is 0.467. The minimum Gasteiger partial charge on any atom is -0.300 e. The van der Waals surface area contributed by atoms with Gasteiger partial charge in [-0.15, -0.1) is 0 Å². The van der Waals surface area contributed by atoms with Crippen LogP contribution >= 0.6 is 0 Å². The van der Waals surface area contributed by atoms with E-state index >= 15 is 0 Å². The molecular formula is C23H40O. The van der Waals surface area contributed by atoms with Gasteiger partial charge in [-0.3, -0.25) is 4.79 Å². The molecule has 1 heteroatoms. The van der Waals surface area contributed by atoms with Crippen LogP contribution in [0.5, 0.6) is 0 Å². The number of carbonyl (C=O) groups excluding carboxylic acids is 1. The largest absolute Gasteiger partial charge is 0.300 e. The van der Waals surface area contributed by atoms with Crippen molar-refractivity contribution in [1.29, 1.82) is 0 Å². The summed E-state index contributed by atoms with van der Waals surface area (Å²) in [6.07, 6.45) is 6.12. The van der Waals surface area contributed by atoms with Crippen molar-refractivity contribution >= 4 is 5.78 Å². The summed E-state index contributed by atoms with van der Waals surface area (Å²) in [6, 6.07) is 9.01. The average Bonchev–Trinajstić information content (AvgIpc) is 2.52. The smallest absolute Gasteiger partial charge is 0.132 e. The van der Waals surface area contributed by atoms with Crippen molar-refractivity contribution in [3.8, 4) is 0 Å². The van der Waals surface area contributed by atoms with Gasteiger partial charge in [0.15, 0.2) is 0 Å². The van der Waals surface area contributed by atoms with Gasteiger partial charge in [0.2, 0.25) is 0 Å². The molecule has 0 saturated carbocycles. The van der Waals surface area contributed by atoms with Gasteiger partial charge in [-0.25, -0.2) is 0 Å². The number of rotatable bonds is 9. The van der Waals surface area contributed by atoms with Gasteiger partial charge < -0.3 is 0 Å². The molecule has 0 heterocycles. The number of benzene rings is 1. The highest BCUT2D eigenvalue weighted by atomic mass is 16.1. The molecule has 0 amide bonds. The predicted molar refractivity (Wildman–Crippen MR) is 108 cm³/mol. The molecule has 0 spiro atoms. The zero-order valence-electron chi connectivity index (χ0n) is 17.2. The average molecular weight is 333 g/mol. The van der Waals surface area contributed by atoms with Gasteiger partial charge in [-0.05, 0) is 54.6 Å². The van der Waals surface area contributed by atoms with E-state index in [4.69, 9.17) is 0 Å². The molecule has 0 radical (unpaired) electrons. The van der Waals surface area contributed by atoms with Crippen LogP contribution in [0.1, 0.15) is 97.6 Å². The van der Waals surface area contributed by atoms with Crippen LogP contribution in [0.4, 0.5) is 0 Å². The molecule has 1 aromatic carbocycles. The number of Topliss-reactive ketones (excluding diaryl/α,β-unsaturated/α-hetero) is 1. The first-order chi connectivity index (χ1) is 11.3. The van der Waals surface area contributed by atoms with Crippen molar-refractivity contribution in [3.63, 3.8) is 0 Å². The molecule has 0 atom stereocenters. The molecule has 0 bridgehead atoms. The van der Waals surface area contributed by atoms with Crippen molar-refractivity contribution in [3.05, 3.63) is 35.4 Å². The lowest BCUT2D eigenvalue weighted by Crippen LogP contribution is -1.99. The van der Waals surface area contributed by atoms with Crippen LogP contribution in [0.3, 0.4) is 0 Å². The molecular weight excluding hydrogens is 292 g/mol. The molecule has 0 aliphatic carbocycles. The van der Waals surface area contributed by atoms with Gasteiger partial charge in [-0.2, -0.15) is 0 Å². The van der Waals surface area contributed by atoms with Gasteiger partial charge in [0.1, 0.15) is 5.78 Å². The molecule has 0 N–H and O–H groups in total. The highest BCUT2D eigenvalue weighted by molar-refractivity contribution is 5.78. The third kappa shape index (κ3) is 12.3. The van der Waals surface area contributed by atoms with Gasteiger partial charge in [0.05, 0.1) is 0 Å². The number of aryl methyl sites for hydroxylation is 1. The van der Waals surface area contributed by atoms with Crippen LogP contribution in [0, 0.1) is 11.8 Å². The van der Waals surface area contributed by atoms with Gasteiger partial charge in [0, 0.05) is 12.8 Å². The number of hydrogen-bond acceptors (Lipinski definition) is 1. The van der Waals surface area contributed by atoms with E-state index in [1.165, 1.54) is 24.0 Å². The standard InChI is InChI=1S/C14H22.C9H18O/c1-11(2)8-9-13-6-5-7-14(10-13)12(3)4;1-4-5-9(10)7-6-8(2)3/h5-7,10-12H,8-9H2,1-4H3;8H,4-7H2,1-3H3. The lowest BCUT2D eigenvalue weighted by molar-refractivity contribution is -0.119. The van der Waals surface area contributed by atoms with E-state index in [2.05, 4.69) is 65.8 Å². The Morgan fingerprint density at radius 2 is 1.54 bits per heavy atom. The van der Waals surface area contributed by atoms with Crippen LogP contribution in [-0.4, -0.2) is 5.78 Å². The number of carbonyl (C=O) groups is 1. The third-order valence-corrected chi connectivity index (χ3v) is 4.16. The Morgan fingerprint density at radius 3 is 2.04 bits per heavy atom. The second-order valence-electron chi connectivity index (χ2n) is 8.05. The predicted octanol–water partition coefficient (Wildman–Crippen LogP) is 7.19. The first kappa shape index (κ1) is 22.9. The molecule has 0 fully saturated rings. The minimum atomic E-state index is 0.427. The second kappa shape index (κ2) is 13.2. The van der Waals surface area contributed by atoms with Crippen molar-refractivity contribution < 1.29 is 4.79 Å². The summed E-state index contributed by atoms with van der Waals surface area (Å²) in [4.78, 5) is 10.9. The maximum Gasteiger partial charge on any atom is 0.132 e. The van der Waals surface area contributed by atoms with Crippen molar-refractivity contribution in [2.24, 2.45) is 11.8 Å². The van der Waals surface area contributed by atoms with Crippen LogP contribution in [0.2, 0.25) is 0 Å². The van der Waals surface area contributed by atoms with Crippen molar-refractivity contribution in [2.75, 3.05) is 0 Å². The minimum absolute atomic E-state index is 0.427. The van der Waals surface area contributed by atoms with Crippen molar-refractivity contribution in [2.45, 2.75) is 92.9 Å². The fourth-order valence-corrected chi connectivity index (χ4v) is 2.42. The van der Waals surface area contributed by atoms with Crippen LogP contribution in [0.25, 0.3) is 0 Å². The fraction of sp³-hybridized carbons (Fsp3) is 0.696. The zero-order chi connectivity index (χ0) is 18.5.